The van der Waals surface area contributed by atoms with Gasteiger partial charge in [0.25, 0.3) is 6.47 Å². The van der Waals surface area contributed by atoms with Crippen molar-refractivity contribution < 1.29 is 14.7 Å². The summed E-state index contributed by atoms with van der Waals surface area (Å²) in [7, 11) is 0. The average molecular weight is 119 g/mol. The van der Waals surface area contributed by atoms with E-state index in [2.05, 4.69) is 5.73 Å². The van der Waals surface area contributed by atoms with Crippen LogP contribution in [0.25, 0.3) is 0 Å². The van der Waals surface area contributed by atoms with E-state index in [4.69, 9.17) is 9.90 Å². The lowest BCUT2D eigenvalue weighted by Crippen LogP contribution is -2.06. The zero-order chi connectivity index (χ0) is 6.99. The Morgan fingerprint density at radius 1 is 1.88 bits per heavy atom. The summed E-state index contributed by atoms with van der Waals surface area (Å²) in [5.74, 6) is -0.245. The summed E-state index contributed by atoms with van der Waals surface area (Å²) < 4.78 is 0. The monoisotopic (exact) mass is 119 g/mol. The Kier molecular flexibility index (Phi) is 11.7. The van der Waals surface area contributed by atoms with Gasteiger partial charge in [0.15, 0.2) is 0 Å². The molecule has 0 rings (SSSR count). The third kappa shape index (κ3) is 86.8. The Hall–Kier alpha value is -1.06. The maximum Gasteiger partial charge on any atom is 0.290 e. The largest absolute Gasteiger partial charge is 0.483 e. The van der Waals surface area contributed by atoms with Crippen LogP contribution in [-0.2, 0) is 9.59 Å². The molecule has 0 saturated carbocycles. The standard InChI is InChI=1S/C3H7NO.CH2O2/c1-2-3(4)5;2-1-3/h2H2,1H3,(H2,4,5);1H,(H,2,3). The van der Waals surface area contributed by atoms with E-state index >= 15 is 0 Å². The normalized spacial score (nSPS) is 6.12. The molecule has 3 N–H and O–H groups in total. The zero-order valence-electron chi connectivity index (χ0n) is 4.63. The molecule has 0 aromatic heterocycles. The van der Waals surface area contributed by atoms with E-state index in [-0.39, 0.29) is 12.4 Å². The Morgan fingerprint density at radius 2 is 2.00 bits per heavy atom. The van der Waals surface area contributed by atoms with Gasteiger partial charge in [-0.2, -0.15) is 0 Å². The summed E-state index contributed by atoms with van der Waals surface area (Å²) in [6, 6.07) is 0. The van der Waals surface area contributed by atoms with Gasteiger partial charge in [-0.25, -0.2) is 0 Å². The number of primary amides is 1. The number of hydrogen-bond acceptors (Lipinski definition) is 2. The lowest BCUT2D eigenvalue weighted by Gasteiger charge is -1.73. The Labute approximate surface area is 47.3 Å². The van der Waals surface area contributed by atoms with Crippen molar-refractivity contribution in [1.29, 1.82) is 0 Å². The predicted octanol–water partition coefficient (Wildman–Crippen LogP) is -0.418. The van der Waals surface area contributed by atoms with Gasteiger partial charge in [-0.1, -0.05) is 6.92 Å². The Bertz CT molecular complexity index is 71.7. The van der Waals surface area contributed by atoms with Crippen LogP contribution in [0.4, 0.5) is 0 Å². The molecule has 8 heavy (non-hydrogen) atoms. The van der Waals surface area contributed by atoms with Crippen molar-refractivity contribution in [3.05, 3.63) is 0 Å². The third-order valence-corrected chi connectivity index (χ3v) is 0.348. The fourth-order valence-electron chi connectivity index (χ4n) is 0. The molecular formula is C4H9NO3. The van der Waals surface area contributed by atoms with Gasteiger partial charge in [0, 0.05) is 6.42 Å². The van der Waals surface area contributed by atoms with Crippen molar-refractivity contribution in [3.63, 3.8) is 0 Å². The van der Waals surface area contributed by atoms with Gasteiger partial charge in [-0.3, -0.25) is 9.59 Å². The summed E-state index contributed by atoms with van der Waals surface area (Å²) in [5, 5.41) is 6.89. The maximum atomic E-state index is 9.59. The number of hydrogen-bond donors (Lipinski definition) is 2. The van der Waals surface area contributed by atoms with Crippen LogP contribution in [0, 0.1) is 0 Å². The van der Waals surface area contributed by atoms with Crippen LogP contribution in [0.3, 0.4) is 0 Å². The Balaban J connectivity index is 0. The molecule has 0 aliphatic carbocycles. The van der Waals surface area contributed by atoms with Crippen molar-refractivity contribution in [1.82, 2.24) is 0 Å². The van der Waals surface area contributed by atoms with Crippen molar-refractivity contribution in [2.24, 2.45) is 5.73 Å². The predicted molar refractivity (Wildman–Crippen MR) is 28.2 cm³/mol. The topological polar surface area (TPSA) is 80.4 Å². The third-order valence-electron chi connectivity index (χ3n) is 0.348. The van der Waals surface area contributed by atoms with Crippen LogP contribution in [-0.4, -0.2) is 17.5 Å². The van der Waals surface area contributed by atoms with Gasteiger partial charge < -0.3 is 10.8 Å². The molecule has 0 heterocycles. The average Bonchev–Trinajstić information content (AvgIpc) is 1.69. The van der Waals surface area contributed by atoms with Crippen LogP contribution in [0.1, 0.15) is 13.3 Å². The molecule has 0 atom stereocenters. The number of nitrogens with two attached hydrogens (primary N) is 1. The fourth-order valence-corrected chi connectivity index (χ4v) is 0. The van der Waals surface area contributed by atoms with Gasteiger partial charge >= 0.3 is 0 Å². The molecule has 0 aromatic rings. The lowest BCUT2D eigenvalue weighted by atomic mass is 10.5. The molecular weight excluding hydrogens is 110 g/mol. The van der Waals surface area contributed by atoms with E-state index < -0.39 is 0 Å². The van der Waals surface area contributed by atoms with Crippen LogP contribution in [0.5, 0.6) is 0 Å². The summed E-state index contributed by atoms with van der Waals surface area (Å²) in [6.07, 6.45) is 0.444. The quantitative estimate of drug-likeness (QED) is 0.460. The summed E-state index contributed by atoms with van der Waals surface area (Å²) in [6.45, 7) is 1.47. The molecule has 0 radical (unpaired) electrons. The molecule has 0 saturated heterocycles. The van der Waals surface area contributed by atoms with Crippen molar-refractivity contribution in [2.75, 3.05) is 0 Å². The molecule has 4 nitrogen and oxygen atoms in total. The van der Waals surface area contributed by atoms with Crippen molar-refractivity contribution >= 4 is 12.4 Å². The summed E-state index contributed by atoms with van der Waals surface area (Å²) in [5.41, 5.74) is 4.65. The molecule has 4 heteroatoms. The van der Waals surface area contributed by atoms with Gasteiger partial charge in [0.1, 0.15) is 0 Å². The van der Waals surface area contributed by atoms with Gasteiger partial charge in [-0.05, 0) is 0 Å². The van der Waals surface area contributed by atoms with E-state index in [1.165, 1.54) is 0 Å². The second kappa shape index (κ2) is 9.34. The molecule has 0 aromatic carbocycles. The second-order valence-electron chi connectivity index (χ2n) is 0.925. The number of carbonyl (C=O) groups is 2. The minimum absolute atomic E-state index is 0.245. The van der Waals surface area contributed by atoms with E-state index in [9.17, 15) is 4.79 Å². The first-order chi connectivity index (χ1) is 3.68. The van der Waals surface area contributed by atoms with Crippen molar-refractivity contribution in [3.8, 4) is 0 Å². The SMILES string of the molecule is CCC(N)=O.O=CO. The minimum atomic E-state index is -0.250. The summed E-state index contributed by atoms with van der Waals surface area (Å²) in [4.78, 5) is 18.0. The molecule has 0 unspecified atom stereocenters. The van der Waals surface area contributed by atoms with Crippen LogP contribution in [0.2, 0.25) is 0 Å². The molecule has 0 spiro atoms. The van der Waals surface area contributed by atoms with Crippen LogP contribution in [0.15, 0.2) is 0 Å². The molecule has 0 bridgehead atoms. The highest BCUT2D eigenvalue weighted by Crippen LogP contribution is 1.63. The second-order valence-corrected chi connectivity index (χ2v) is 0.925. The highest BCUT2D eigenvalue weighted by Gasteiger charge is 1.77. The first kappa shape index (κ1) is 10.0. The van der Waals surface area contributed by atoms with E-state index in [0.717, 1.165) is 0 Å². The highest BCUT2D eigenvalue weighted by atomic mass is 16.3. The van der Waals surface area contributed by atoms with Crippen molar-refractivity contribution in [2.45, 2.75) is 13.3 Å². The molecule has 0 aliphatic heterocycles. The zero-order valence-corrected chi connectivity index (χ0v) is 4.63. The highest BCUT2D eigenvalue weighted by molar-refractivity contribution is 5.73. The number of rotatable bonds is 1. The molecule has 0 fully saturated rings. The lowest BCUT2D eigenvalue weighted by molar-refractivity contribution is -0.123. The number of carbonyl (C=O) groups excluding carboxylic acids is 1. The van der Waals surface area contributed by atoms with Gasteiger partial charge in [-0.15, -0.1) is 0 Å². The van der Waals surface area contributed by atoms with Gasteiger partial charge in [0.05, 0.1) is 0 Å². The molecule has 0 aliphatic rings. The van der Waals surface area contributed by atoms with E-state index in [0.29, 0.717) is 6.42 Å². The van der Waals surface area contributed by atoms with Crippen LogP contribution >= 0.6 is 0 Å². The van der Waals surface area contributed by atoms with Crippen LogP contribution < -0.4 is 5.73 Å². The molecule has 1 amide bonds. The Morgan fingerprint density at radius 3 is 2.00 bits per heavy atom. The number of amides is 1. The first-order valence-electron chi connectivity index (χ1n) is 2.05. The number of carboxylic acid groups (broad SMARTS) is 1. The summed E-state index contributed by atoms with van der Waals surface area (Å²) >= 11 is 0. The van der Waals surface area contributed by atoms with E-state index in [1.807, 2.05) is 0 Å². The molecule has 48 valence electrons. The minimum Gasteiger partial charge on any atom is -0.483 e. The maximum absolute atomic E-state index is 9.59. The fraction of sp³-hybridized carbons (Fsp3) is 0.500. The van der Waals surface area contributed by atoms with Gasteiger partial charge in [0.2, 0.25) is 5.91 Å². The van der Waals surface area contributed by atoms with E-state index in [1.54, 1.807) is 6.92 Å². The smallest absolute Gasteiger partial charge is 0.290 e. The first-order valence-corrected chi connectivity index (χ1v) is 2.05.